The number of rotatable bonds is 5. The molecule has 0 N–H and O–H groups in total. The van der Waals surface area contributed by atoms with Gasteiger partial charge in [-0.25, -0.2) is 0 Å². The Hall–Kier alpha value is -2.28. The van der Waals surface area contributed by atoms with Gasteiger partial charge in [0.2, 0.25) is 0 Å². The second kappa shape index (κ2) is 7.53. The molecule has 0 aliphatic carbocycles. The fraction of sp³-hybridized carbons (Fsp3) is 0.529. The van der Waals surface area contributed by atoms with E-state index < -0.39 is 0 Å². The van der Waals surface area contributed by atoms with Gasteiger partial charge in [0.25, 0.3) is 5.91 Å². The first kappa shape index (κ1) is 16.6. The molecule has 1 saturated heterocycles. The van der Waals surface area contributed by atoms with Crippen LogP contribution in [0.3, 0.4) is 0 Å². The van der Waals surface area contributed by atoms with Gasteiger partial charge in [-0.1, -0.05) is 12.1 Å². The molecule has 1 fully saturated rings. The van der Waals surface area contributed by atoms with Gasteiger partial charge in [-0.15, -0.1) is 0 Å². The van der Waals surface area contributed by atoms with Crippen LogP contribution >= 0.6 is 0 Å². The number of hydrogen-bond acceptors (Lipinski definition) is 6. The number of aryl methyl sites for hydroxylation is 3. The van der Waals surface area contributed by atoms with Crippen molar-refractivity contribution in [2.45, 2.75) is 39.2 Å². The summed E-state index contributed by atoms with van der Waals surface area (Å²) < 4.78 is 10.8. The van der Waals surface area contributed by atoms with Crippen LogP contribution in [0.4, 0.5) is 0 Å². The van der Waals surface area contributed by atoms with E-state index in [1.807, 2.05) is 11.8 Å². The van der Waals surface area contributed by atoms with Gasteiger partial charge in [0.1, 0.15) is 11.3 Å². The fourth-order valence-electron chi connectivity index (χ4n) is 3.01. The van der Waals surface area contributed by atoms with Crippen molar-refractivity contribution in [2.75, 3.05) is 19.8 Å². The SMILES string of the molecule is CCc1noc(C)c1C(=O)N1CCOC[C@@H]1CCc1cnccn1. The summed E-state index contributed by atoms with van der Waals surface area (Å²) >= 11 is 0. The Morgan fingerprint density at radius 1 is 1.42 bits per heavy atom. The van der Waals surface area contributed by atoms with Crippen molar-refractivity contribution in [2.24, 2.45) is 0 Å². The summed E-state index contributed by atoms with van der Waals surface area (Å²) in [7, 11) is 0. The molecule has 1 amide bonds. The molecule has 2 aromatic rings. The summed E-state index contributed by atoms with van der Waals surface area (Å²) in [6, 6.07) is 0.0206. The van der Waals surface area contributed by atoms with E-state index in [1.165, 1.54) is 0 Å². The summed E-state index contributed by atoms with van der Waals surface area (Å²) in [6.07, 6.45) is 7.32. The molecule has 24 heavy (non-hydrogen) atoms. The second-order valence-corrected chi connectivity index (χ2v) is 5.88. The van der Waals surface area contributed by atoms with E-state index in [0.717, 1.165) is 24.2 Å². The van der Waals surface area contributed by atoms with Gasteiger partial charge in [0.05, 0.1) is 30.6 Å². The third-order valence-corrected chi connectivity index (χ3v) is 4.32. The predicted molar refractivity (Wildman–Crippen MR) is 86.6 cm³/mol. The fourth-order valence-corrected chi connectivity index (χ4v) is 3.01. The quantitative estimate of drug-likeness (QED) is 0.831. The largest absolute Gasteiger partial charge is 0.377 e. The highest BCUT2D eigenvalue weighted by Crippen LogP contribution is 2.21. The van der Waals surface area contributed by atoms with E-state index in [1.54, 1.807) is 25.5 Å². The summed E-state index contributed by atoms with van der Waals surface area (Å²) in [4.78, 5) is 23.3. The minimum atomic E-state index is -0.0157. The minimum absolute atomic E-state index is 0.0157. The van der Waals surface area contributed by atoms with Crippen LogP contribution < -0.4 is 0 Å². The second-order valence-electron chi connectivity index (χ2n) is 5.88. The molecular formula is C17H22N4O3. The van der Waals surface area contributed by atoms with Gasteiger partial charge < -0.3 is 14.2 Å². The lowest BCUT2D eigenvalue weighted by Gasteiger charge is -2.35. The van der Waals surface area contributed by atoms with Crippen LogP contribution in [0, 0.1) is 6.92 Å². The van der Waals surface area contributed by atoms with Crippen LogP contribution in [-0.2, 0) is 17.6 Å². The van der Waals surface area contributed by atoms with Crippen molar-refractivity contribution >= 4 is 5.91 Å². The van der Waals surface area contributed by atoms with Gasteiger partial charge in [0, 0.05) is 25.1 Å². The van der Waals surface area contributed by atoms with Gasteiger partial charge in [-0.2, -0.15) is 0 Å². The molecular weight excluding hydrogens is 308 g/mol. The topological polar surface area (TPSA) is 81.4 Å². The summed E-state index contributed by atoms with van der Waals surface area (Å²) in [5, 5.41) is 4.00. The average Bonchev–Trinajstić information content (AvgIpc) is 3.01. The van der Waals surface area contributed by atoms with Crippen LogP contribution in [0.1, 0.15) is 40.9 Å². The normalized spacial score (nSPS) is 17.9. The van der Waals surface area contributed by atoms with Gasteiger partial charge >= 0.3 is 0 Å². The zero-order chi connectivity index (χ0) is 16.9. The van der Waals surface area contributed by atoms with Crippen molar-refractivity contribution in [1.82, 2.24) is 20.0 Å². The number of hydrogen-bond donors (Lipinski definition) is 0. The molecule has 0 radical (unpaired) electrons. The molecule has 0 saturated carbocycles. The zero-order valence-corrected chi connectivity index (χ0v) is 14.1. The standard InChI is InChI=1S/C17H22N4O3/c1-3-15-16(12(2)24-20-15)17(22)21-8-9-23-11-14(21)5-4-13-10-18-6-7-19-13/h6-7,10,14H,3-5,8-9,11H2,1-2H3/t14-/m0/s1. The molecule has 0 spiro atoms. The van der Waals surface area contributed by atoms with Crippen molar-refractivity contribution in [3.05, 3.63) is 41.3 Å². The lowest BCUT2D eigenvalue weighted by molar-refractivity contribution is -0.00426. The number of amides is 1. The Labute approximate surface area is 141 Å². The molecule has 0 bridgehead atoms. The van der Waals surface area contributed by atoms with Gasteiger partial charge in [-0.3, -0.25) is 14.8 Å². The summed E-state index contributed by atoms with van der Waals surface area (Å²) in [5.41, 5.74) is 2.24. The Morgan fingerprint density at radius 2 is 2.29 bits per heavy atom. The number of nitrogens with zero attached hydrogens (tertiary/aromatic N) is 4. The Bertz CT molecular complexity index is 686. The molecule has 128 valence electrons. The average molecular weight is 330 g/mol. The first-order chi connectivity index (χ1) is 11.7. The lowest BCUT2D eigenvalue weighted by Crippen LogP contribution is -2.49. The molecule has 1 aliphatic rings. The van der Waals surface area contributed by atoms with Crippen molar-refractivity contribution in [1.29, 1.82) is 0 Å². The van der Waals surface area contributed by atoms with E-state index >= 15 is 0 Å². The molecule has 7 heteroatoms. The summed E-state index contributed by atoms with van der Waals surface area (Å²) in [6.45, 7) is 5.43. The lowest BCUT2D eigenvalue weighted by atomic mass is 10.0. The van der Waals surface area contributed by atoms with E-state index in [2.05, 4.69) is 15.1 Å². The Morgan fingerprint density at radius 3 is 3.04 bits per heavy atom. The maximum atomic E-state index is 13.0. The van der Waals surface area contributed by atoms with Crippen molar-refractivity contribution in [3.8, 4) is 0 Å². The third kappa shape index (κ3) is 3.46. The molecule has 0 unspecified atom stereocenters. The van der Waals surface area contributed by atoms with Crippen LogP contribution in [0.5, 0.6) is 0 Å². The highest BCUT2D eigenvalue weighted by atomic mass is 16.5. The van der Waals surface area contributed by atoms with Crippen LogP contribution in [0.25, 0.3) is 0 Å². The first-order valence-electron chi connectivity index (χ1n) is 8.29. The van der Waals surface area contributed by atoms with E-state index in [0.29, 0.717) is 37.5 Å². The van der Waals surface area contributed by atoms with Crippen LogP contribution in [-0.4, -0.2) is 51.7 Å². The van der Waals surface area contributed by atoms with Gasteiger partial charge in [-0.05, 0) is 26.2 Å². The van der Waals surface area contributed by atoms with Crippen LogP contribution in [0.2, 0.25) is 0 Å². The monoisotopic (exact) mass is 330 g/mol. The van der Waals surface area contributed by atoms with Crippen molar-refractivity contribution < 1.29 is 14.1 Å². The molecule has 3 heterocycles. The molecule has 2 aromatic heterocycles. The number of ether oxygens (including phenoxy) is 1. The first-order valence-corrected chi connectivity index (χ1v) is 8.29. The van der Waals surface area contributed by atoms with Crippen LogP contribution in [0.15, 0.2) is 23.1 Å². The minimum Gasteiger partial charge on any atom is -0.377 e. The Kier molecular flexibility index (Phi) is 5.20. The van der Waals surface area contributed by atoms with E-state index in [9.17, 15) is 4.79 Å². The summed E-state index contributed by atoms with van der Waals surface area (Å²) in [5.74, 6) is 0.564. The molecule has 3 rings (SSSR count). The highest BCUT2D eigenvalue weighted by Gasteiger charge is 2.31. The highest BCUT2D eigenvalue weighted by molar-refractivity contribution is 5.96. The maximum Gasteiger partial charge on any atom is 0.259 e. The van der Waals surface area contributed by atoms with Gasteiger partial charge in [0.15, 0.2) is 0 Å². The number of morpholine rings is 1. The molecule has 7 nitrogen and oxygen atoms in total. The Balaban J connectivity index is 1.74. The number of carbonyl (C=O) groups excluding carboxylic acids is 1. The van der Waals surface area contributed by atoms with E-state index in [-0.39, 0.29) is 11.9 Å². The zero-order valence-electron chi connectivity index (χ0n) is 14.1. The number of aromatic nitrogens is 3. The smallest absolute Gasteiger partial charge is 0.259 e. The molecule has 1 aliphatic heterocycles. The third-order valence-electron chi connectivity index (χ3n) is 4.32. The van der Waals surface area contributed by atoms with E-state index in [4.69, 9.17) is 9.26 Å². The maximum absolute atomic E-state index is 13.0. The molecule has 1 atom stereocenters. The molecule has 0 aromatic carbocycles. The predicted octanol–water partition coefficient (Wildman–Crippen LogP) is 1.81. The van der Waals surface area contributed by atoms with Crippen molar-refractivity contribution in [3.63, 3.8) is 0 Å². The number of carbonyl (C=O) groups is 1.